The Morgan fingerprint density at radius 3 is 2.08 bits per heavy atom. The second-order valence-electron chi connectivity index (χ2n) is 8.36. The van der Waals surface area contributed by atoms with Crippen LogP contribution in [0.3, 0.4) is 0 Å². The minimum absolute atomic E-state index is 0.0189. The molecule has 1 atom stereocenters. The van der Waals surface area contributed by atoms with Crippen molar-refractivity contribution in [1.29, 1.82) is 0 Å². The van der Waals surface area contributed by atoms with Crippen LogP contribution in [0.15, 0.2) is 78.9 Å². The summed E-state index contributed by atoms with van der Waals surface area (Å²) in [6.45, 7) is 0.0353. The third-order valence-electron chi connectivity index (χ3n) is 5.74. The number of hydrogen-bond acceptors (Lipinski definition) is 6. The van der Waals surface area contributed by atoms with E-state index in [4.69, 9.17) is 11.5 Å². The minimum Gasteiger partial charge on any atom is -0.395 e. The van der Waals surface area contributed by atoms with E-state index >= 15 is 0 Å². The van der Waals surface area contributed by atoms with Gasteiger partial charge >= 0.3 is 0 Å². The summed E-state index contributed by atoms with van der Waals surface area (Å²) >= 11 is 0.696. The summed E-state index contributed by atoms with van der Waals surface area (Å²) in [4.78, 5) is 40.4. The van der Waals surface area contributed by atoms with Gasteiger partial charge in [0, 0.05) is 13.1 Å². The van der Waals surface area contributed by atoms with Crippen LogP contribution in [0.25, 0.3) is 0 Å². The van der Waals surface area contributed by atoms with Crippen molar-refractivity contribution in [1.82, 2.24) is 14.6 Å². The molecule has 194 valence electrons. The zero-order valence-corrected chi connectivity index (χ0v) is 20.8. The molecular formula is C27H23F2N5O3S. The maximum Gasteiger partial charge on any atom is 0.270 e. The molecular weight excluding hydrogens is 512 g/mol. The highest BCUT2D eigenvalue weighted by Crippen LogP contribution is 2.30. The Bertz CT molecular complexity index is 1440. The molecule has 4 rings (SSSR count). The van der Waals surface area contributed by atoms with E-state index in [1.165, 1.54) is 53.4 Å². The third-order valence-corrected chi connectivity index (χ3v) is 6.59. The first-order valence-electron chi connectivity index (χ1n) is 11.4. The van der Waals surface area contributed by atoms with Gasteiger partial charge in [0.2, 0.25) is 5.91 Å². The molecule has 11 heteroatoms. The van der Waals surface area contributed by atoms with Gasteiger partial charge in [-0.1, -0.05) is 54.6 Å². The van der Waals surface area contributed by atoms with Gasteiger partial charge in [0.25, 0.3) is 11.8 Å². The molecule has 0 bridgehead atoms. The normalized spacial score (nSPS) is 11.5. The lowest BCUT2D eigenvalue weighted by molar-refractivity contribution is -0.126. The number of nitrogen functional groups attached to an aromatic ring is 1. The molecule has 1 aromatic heterocycles. The summed E-state index contributed by atoms with van der Waals surface area (Å²) < 4.78 is 31.0. The van der Waals surface area contributed by atoms with Crippen LogP contribution in [0.2, 0.25) is 0 Å². The maximum absolute atomic E-state index is 13.9. The molecule has 0 aliphatic heterocycles. The van der Waals surface area contributed by atoms with Crippen LogP contribution in [-0.4, -0.2) is 27.0 Å². The first-order valence-corrected chi connectivity index (χ1v) is 12.2. The minimum atomic E-state index is -1.22. The smallest absolute Gasteiger partial charge is 0.270 e. The van der Waals surface area contributed by atoms with Gasteiger partial charge in [-0.15, -0.1) is 0 Å². The molecule has 3 amide bonds. The Balaban J connectivity index is 1.75. The molecule has 4 aromatic rings. The Morgan fingerprint density at radius 1 is 0.895 bits per heavy atom. The number of carbonyl (C=O) groups is 3. The van der Waals surface area contributed by atoms with E-state index in [1.54, 1.807) is 24.3 Å². The van der Waals surface area contributed by atoms with Gasteiger partial charge < -0.3 is 21.7 Å². The van der Waals surface area contributed by atoms with E-state index in [9.17, 15) is 23.2 Å². The molecule has 5 N–H and O–H groups in total. The Hall–Kier alpha value is -4.64. The average molecular weight is 536 g/mol. The number of hydrogen-bond donors (Lipinski definition) is 3. The number of nitrogens with two attached hydrogens (primary N) is 2. The summed E-state index contributed by atoms with van der Waals surface area (Å²) in [5, 5.41) is 2.78. The quantitative estimate of drug-likeness (QED) is 0.300. The van der Waals surface area contributed by atoms with Crippen molar-refractivity contribution in [2.24, 2.45) is 5.73 Å². The number of anilines is 1. The topological polar surface area (TPSA) is 131 Å². The van der Waals surface area contributed by atoms with Gasteiger partial charge in [-0.3, -0.25) is 14.4 Å². The number of nitrogens with one attached hydrogen (secondary N) is 1. The van der Waals surface area contributed by atoms with Gasteiger partial charge in [-0.05, 0) is 52.5 Å². The van der Waals surface area contributed by atoms with Crippen LogP contribution in [-0.2, 0) is 17.9 Å². The van der Waals surface area contributed by atoms with Gasteiger partial charge in [-0.25, -0.2) is 8.78 Å². The largest absolute Gasteiger partial charge is 0.395 e. The number of carbonyl (C=O) groups excluding carboxylic acids is 3. The Labute approximate surface area is 221 Å². The molecule has 1 heterocycles. The molecule has 0 fully saturated rings. The lowest BCUT2D eigenvalue weighted by Gasteiger charge is -2.31. The second-order valence-corrected chi connectivity index (χ2v) is 9.13. The van der Waals surface area contributed by atoms with E-state index < -0.39 is 35.4 Å². The van der Waals surface area contributed by atoms with Crippen molar-refractivity contribution in [3.63, 3.8) is 0 Å². The number of benzene rings is 3. The maximum atomic E-state index is 13.9. The van der Waals surface area contributed by atoms with Gasteiger partial charge in [-0.2, -0.15) is 4.37 Å². The van der Waals surface area contributed by atoms with Crippen LogP contribution < -0.4 is 16.8 Å². The van der Waals surface area contributed by atoms with Gasteiger partial charge in [0.05, 0.1) is 5.69 Å². The van der Waals surface area contributed by atoms with Crippen molar-refractivity contribution in [2.75, 3.05) is 5.73 Å². The summed E-state index contributed by atoms with van der Waals surface area (Å²) in [5.41, 5.74) is 12.6. The molecule has 0 spiro atoms. The van der Waals surface area contributed by atoms with Crippen molar-refractivity contribution in [2.45, 2.75) is 19.1 Å². The SMILES string of the molecule is NC(=O)c1nsc(C(=O)N(Cc2ccccc2)C(C(=O)NCc2ccc(F)cc2)c2ccc(F)cc2)c1N. The summed E-state index contributed by atoms with van der Waals surface area (Å²) in [5.74, 6) is -3.05. The summed E-state index contributed by atoms with van der Waals surface area (Å²) in [6.07, 6.45) is 0. The molecule has 0 aliphatic rings. The van der Waals surface area contributed by atoms with Crippen molar-refractivity contribution >= 4 is 34.9 Å². The molecule has 38 heavy (non-hydrogen) atoms. The summed E-state index contributed by atoms with van der Waals surface area (Å²) in [7, 11) is 0. The van der Waals surface area contributed by atoms with E-state index in [0.29, 0.717) is 28.2 Å². The lowest BCUT2D eigenvalue weighted by Crippen LogP contribution is -2.43. The highest BCUT2D eigenvalue weighted by Gasteiger charge is 2.35. The highest BCUT2D eigenvalue weighted by molar-refractivity contribution is 7.09. The molecule has 0 saturated carbocycles. The van der Waals surface area contributed by atoms with Crippen molar-refractivity contribution in [3.05, 3.63) is 118 Å². The zero-order valence-electron chi connectivity index (χ0n) is 19.9. The second kappa shape index (κ2) is 11.6. The zero-order chi connectivity index (χ0) is 27.2. The van der Waals surface area contributed by atoms with Crippen LogP contribution in [0.1, 0.15) is 42.9 Å². The van der Waals surface area contributed by atoms with Crippen molar-refractivity contribution < 1.29 is 23.2 Å². The number of nitrogens with zero attached hydrogens (tertiary/aromatic N) is 2. The van der Waals surface area contributed by atoms with E-state index in [2.05, 4.69) is 9.69 Å². The Kier molecular flexibility index (Phi) is 8.07. The number of halogens is 2. The van der Waals surface area contributed by atoms with E-state index in [-0.39, 0.29) is 29.3 Å². The molecule has 0 radical (unpaired) electrons. The fourth-order valence-corrected chi connectivity index (χ4v) is 4.59. The van der Waals surface area contributed by atoms with Crippen LogP contribution in [0.4, 0.5) is 14.5 Å². The lowest BCUT2D eigenvalue weighted by atomic mass is 10.0. The molecule has 0 saturated heterocycles. The Morgan fingerprint density at radius 2 is 1.50 bits per heavy atom. The first-order chi connectivity index (χ1) is 18.2. The monoisotopic (exact) mass is 535 g/mol. The highest BCUT2D eigenvalue weighted by atomic mass is 32.1. The molecule has 0 aliphatic carbocycles. The fourth-order valence-electron chi connectivity index (χ4n) is 3.83. The van der Waals surface area contributed by atoms with Crippen LogP contribution in [0.5, 0.6) is 0 Å². The predicted octanol–water partition coefficient (Wildman–Crippen LogP) is 3.80. The number of rotatable bonds is 9. The third kappa shape index (κ3) is 6.01. The van der Waals surface area contributed by atoms with Gasteiger partial charge in [0.1, 0.15) is 22.6 Å². The molecule has 1 unspecified atom stereocenters. The average Bonchev–Trinajstić information content (AvgIpc) is 3.30. The number of primary amides is 1. The standard InChI is InChI=1S/C27H23F2N5O3S/c28-19-10-6-16(7-11-19)14-32-26(36)23(18-8-12-20(29)13-9-18)34(15-17-4-2-1-3-5-17)27(37)24-21(30)22(25(31)35)33-38-24/h1-13,23H,14-15,30H2,(H2,31,35)(H,32,36). The number of amides is 3. The predicted molar refractivity (Wildman–Crippen MR) is 139 cm³/mol. The molecule has 8 nitrogen and oxygen atoms in total. The fraction of sp³-hybridized carbons (Fsp3) is 0.111. The van der Waals surface area contributed by atoms with Crippen LogP contribution in [0, 0.1) is 11.6 Å². The summed E-state index contributed by atoms with van der Waals surface area (Å²) in [6, 6.07) is 18.5. The first kappa shape index (κ1) is 26.4. The van der Waals surface area contributed by atoms with Gasteiger partial charge in [0.15, 0.2) is 5.69 Å². The van der Waals surface area contributed by atoms with Crippen LogP contribution >= 0.6 is 11.5 Å². The number of aromatic nitrogens is 1. The van der Waals surface area contributed by atoms with Crippen molar-refractivity contribution in [3.8, 4) is 0 Å². The van der Waals surface area contributed by atoms with E-state index in [0.717, 1.165) is 0 Å². The van der Waals surface area contributed by atoms with E-state index in [1.807, 2.05) is 6.07 Å². The molecule has 3 aromatic carbocycles.